The minimum absolute atomic E-state index is 1.16. The van der Waals surface area contributed by atoms with Gasteiger partial charge in [0.25, 0.3) is 0 Å². The van der Waals surface area contributed by atoms with Crippen LogP contribution in [0, 0.1) is 0 Å². The second-order valence-electron chi connectivity index (χ2n) is 9.84. The van der Waals surface area contributed by atoms with Crippen molar-refractivity contribution in [3.63, 3.8) is 0 Å². The molecule has 190 valence electrons. The Morgan fingerprint density at radius 2 is 0.686 bits per heavy atom. The van der Waals surface area contributed by atoms with Gasteiger partial charge in [0.1, 0.15) is 0 Å². The topological polar surface area (TPSA) is 0 Å². The molecule has 35 heavy (non-hydrogen) atoms. The molecule has 0 saturated heterocycles. The zero-order chi connectivity index (χ0) is 24.7. The summed E-state index contributed by atoms with van der Waals surface area (Å²) in [7, 11) is 0. The molecule has 0 aliphatic heterocycles. The summed E-state index contributed by atoms with van der Waals surface area (Å²) in [4.78, 5) is 0. The van der Waals surface area contributed by atoms with Crippen molar-refractivity contribution < 1.29 is 0 Å². The molecule has 0 radical (unpaired) electrons. The molecule has 0 aromatic heterocycles. The summed E-state index contributed by atoms with van der Waals surface area (Å²) in [5.41, 5.74) is 0. The molecular weight excluding hydrogens is 575 g/mol. The normalized spacial score (nSPS) is 12.8. The fourth-order valence-corrected chi connectivity index (χ4v) is 13.5. The fourth-order valence-electron chi connectivity index (χ4n) is 5.32. The van der Waals surface area contributed by atoms with Gasteiger partial charge in [-0.05, 0) is 6.42 Å². The molecule has 3 heteroatoms. The van der Waals surface area contributed by atoms with Gasteiger partial charge in [0, 0.05) is 5.33 Å². The first-order valence-corrected chi connectivity index (χ1v) is 19.2. The molecule has 0 aliphatic carbocycles. The molecular formula is C32H43Br2P. The zero-order valence-electron chi connectivity index (χ0n) is 21.3. The van der Waals surface area contributed by atoms with Crippen LogP contribution >= 0.6 is 36.7 Å². The van der Waals surface area contributed by atoms with Crippen LogP contribution in [0.2, 0.25) is 0 Å². The van der Waals surface area contributed by atoms with E-state index in [2.05, 4.69) is 122 Å². The van der Waals surface area contributed by atoms with Crippen molar-refractivity contribution in [3.05, 3.63) is 91.0 Å². The summed E-state index contributed by atoms with van der Waals surface area (Å²) in [5, 5.41) is 2.74. The van der Waals surface area contributed by atoms with Gasteiger partial charge in [-0.2, -0.15) is 0 Å². The van der Waals surface area contributed by atoms with Crippen LogP contribution in [-0.2, 0) is 0 Å². The number of halogens is 2. The van der Waals surface area contributed by atoms with Gasteiger partial charge in [-0.25, -0.2) is 0 Å². The van der Waals surface area contributed by atoms with Crippen LogP contribution in [0.4, 0.5) is 0 Å². The van der Waals surface area contributed by atoms with Crippen LogP contribution in [0.25, 0.3) is 0 Å². The van der Waals surface area contributed by atoms with E-state index in [1.165, 1.54) is 93.0 Å². The number of benzene rings is 3. The Hall–Kier alpha value is -0.950. The minimum atomic E-state index is -2.73. The number of alkyl halides is 1. The standard InChI is InChI=1S/C32H43Br2P/c33-28-20-9-7-5-3-1-2-4-6-8-10-21-29-35(34,30-22-14-11-15-23-30,31-24-16-12-17-25-31)32-26-18-13-19-27-32/h11-19,22-27H,1-10,20-21,28-29H2. The van der Waals surface area contributed by atoms with E-state index in [0.717, 1.165) is 11.5 Å². The average molecular weight is 618 g/mol. The van der Waals surface area contributed by atoms with E-state index in [9.17, 15) is 0 Å². The number of unbranched alkanes of at least 4 members (excludes halogenated alkanes) is 11. The van der Waals surface area contributed by atoms with Crippen molar-refractivity contribution in [2.75, 3.05) is 11.5 Å². The van der Waals surface area contributed by atoms with E-state index < -0.39 is 5.31 Å². The van der Waals surface area contributed by atoms with Gasteiger partial charge in [0.05, 0.1) is 0 Å². The van der Waals surface area contributed by atoms with Crippen LogP contribution in [-0.4, -0.2) is 11.5 Å². The molecule has 0 spiro atoms. The SMILES string of the molecule is BrCCCCCCCCCCCCCCP(Br)(c1ccccc1)(c1ccccc1)c1ccccc1. The molecule has 0 bridgehead atoms. The maximum atomic E-state index is 4.58. The molecule has 3 aromatic carbocycles. The summed E-state index contributed by atoms with van der Waals surface area (Å²) in [6, 6.07) is 33.6. The summed E-state index contributed by atoms with van der Waals surface area (Å²) < 4.78 is 0. The van der Waals surface area contributed by atoms with Crippen molar-refractivity contribution in [2.24, 2.45) is 0 Å². The summed E-state index contributed by atoms with van der Waals surface area (Å²) >= 11 is 8.11. The Balaban J connectivity index is 1.60. The van der Waals surface area contributed by atoms with Crippen molar-refractivity contribution in [1.29, 1.82) is 0 Å². The van der Waals surface area contributed by atoms with E-state index >= 15 is 0 Å². The van der Waals surface area contributed by atoms with E-state index in [1.54, 1.807) is 0 Å². The monoisotopic (exact) mass is 616 g/mol. The Bertz CT molecular complexity index is 844. The maximum absolute atomic E-state index is 4.58. The number of rotatable bonds is 17. The predicted octanol–water partition coefficient (Wildman–Crippen LogP) is 9.90. The molecule has 0 N–H and O–H groups in total. The molecule has 0 saturated carbocycles. The summed E-state index contributed by atoms with van der Waals surface area (Å²) in [6.07, 6.45) is 17.6. The molecule has 3 rings (SSSR count). The van der Waals surface area contributed by atoms with Crippen LogP contribution in [0.15, 0.2) is 91.0 Å². The van der Waals surface area contributed by atoms with Crippen molar-refractivity contribution in [1.82, 2.24) is 0 Å². The molecule has 0 fully saturated rings. The van der Waals surface area contributed by atoms with Gasteiger partial charge < -0.3 is 0 Å². The molecule has 0 unspecified atom stereocenters. The Morgan fingerprint density at radius 3 is 1.00 bits per heavy atom. The van der Waals surface area contributed by atoms with Crippen LogP contribution in [0.3, 0.4) is 0 Å². The van der Waals surface area contributed by atoms with Crippen molar-refractivity contribution >= 4 is 52.6 Å². The quantitative estimate of drug-likeness (QED) is 0.0803. The van der Waals surface area contributed by atoms with E-state index in [-0.39, 0.29) is 0 Å². The van der Waals surface area contributed by atoms with E-state index in [1.807, 2.05) is 0 Å². The first kappa shape index (κ1) is 28.6. The van der Waals surface area contributed by atoms with Gasteiger partial charge in [0.15, 0.2) is 0 Å². The summed E-state index contributed by atoms with van der Waals surface area (Å²) in [5.74, 6) is 0. The van der Waals surface area contributed by atoms with Gasteiger partial charge in [-0.15, -0.1) is 0 Å². The third-order valence-corrected chi connectivity index (χ3v) is 17.9. The van der Waals surface area contributed by atoms with Crippen LogP contribution in [0.1, 0.15) is 77.0 Å². The van der Waals surface area contributed by atoms with Gasteiger partial charge >= 0.3 is 204 Å². The van der Waals surface area contributed by atoms with Gasteiger partial charge in [-0.3, -0.25) is 0 Å². The second kappa shape index (κ2) is 15.3. The van der Waals surface area contributed by atoms with E-state index in [4.69, 9.17) is 0 Å². The first-order chi connectivity index (χ1) is 17.2. The molecule has 0 heterocycles. The van der Waals surface area contributed by atoms with Crippen LogP contribution < -0.4 is 15.9 Å². The molecule has 0 amide bonds. The fraction of sp³-hybridized carbons (Fsp3) is 0.438. The third kappa shape index (κ3) is 7.77. The van der Waals surface area contributed by atoms with Crippen LogP contribution in [0.5, 0.6) is 0 Å². The third-order valence-electron chi connectivity index (χ3n) is 7.35. The molecule has 0 atom stereocenters. The average Bonchev–Trinajstić information content (AvgIpc) is 2.93. The Morgan fingerprint density at radius 1 is 0.400 bits per heavy atom. The molecule has 0 aliphatic rings. The first-order valence-electron chi connectivity index (χ1n) is 13.7. The van der Waals surface area contributed by atoms with E-state index in [0.29, 0.717) is 0 Å². The Kier molecular flexibility index (Phi) is 12.5. The Labute approximate surface area is 231 Å². The predicted molar refractivity (Wildman–Crippen MR) is 168 cm³/mol. The van der Waals surface area contributed by atoms with Crippen molar-refractivity contribution in [2.45, 2.75) is 77.0 Å². The number of hydrogen-bond donors (Lipinski definition) is 0. The summed E-state index contributed by atoms with van der Waals surface area (Å²) in [6.45, 7) is 0. The van der Waals surface area contributed by atoms with Crippen molar-refractivity contribution in [3.8, 4) is 0 Å². The molecule has 3 aromatic rings. The number of hydrogen-bond acceptors (Lipinski definition) is 0. The molecule has 0 nitrogen and oxygen atoms in total. The second-order valence-corrected chi connectivity index (χ2v) is 19.7. The van der Waals surface area contributed by atoms with Gasteiger partial charge in [0.2, 0.25) is 0 Å². The zero-order valence-corrected chi connectivity index (χ0v) is 25.3. The van der Waals surface area contributed by atoms with Gasteiger partial charge in [-0.1, -0.05) is 15.9 Å².